The number of nitrogens with zero attached hydrogens (tertiary/aromatic N) is 1. The van der Waals surface area contributed by atoms with E-state index in [2.05, 4.69) is 4.99 Å². The van der Waals surface area contributed by atoms with Gasteiger partial charge in [0.05, 0.1) is 11.6 Å². The molecule has 1 rings (SSSR count). The van der Waals surface area contributed by atoms with Crippen LogP contribution in [0.4, 0.5) is 31.1 Å². The number of nitrogens with two attached hydrogens (primary N) is 1. The predicted octanol–water partition coefficient (Wildman–Crippen LogP) is 3.81. The molecule has 0 aliphatic carbocycles. The predicted molar refractivity (Wildman–Crippen MR) is 92.6 cm³/mol. The maximum Gasteiger partial charge on any atom is 0.431 e. The Labute approximate surface area is 161 Å². The van der Waals surface area contributed by atoms with Crippen molar-refractivity contribution >= 4 is 18.3 Å². The van der Waals surface area contributed by atoms with Gasteiger partial charge in [0.1, 0.15) is 11.5 Å². The van der Waals surface area contributed by atoms with Gasteiger partial charge in [-0.3, -0.25) is 20.4 Å². The van der Waals surface area contributed by atoms with Gasteiger partial charge in [-0.25, -0.2) is 4.79 Å². The lowest BCUT2D eigenvalue weighted by atomic mass is 10.0. The molecule has 12 heteroatoms. The molecule has 0 bridgehead atoms. The fraction of sp³-hybridized carbons (Fsp3) is 0.353. The van der Waals surface area contributed by atoms with Gasteiger partial charge in [-0.05, 0) is 31.0 Å². The highest BCUT2D eigenvalue weighted by molar-refractivity contribution is 6.08. The Balaban J connectivity index is 3.40. The van der Waals surface area contributed by atoms with E-state index in [-0.39, 0.29) is 18.4 Å². The minimum atomic E-state index is -4.91. The summed E-state index contributed by atoms with van der Waals surface area (Å²) in [6.45, 7) is 2.56. The first-order chi connectivity index (χ1) is 13.3. The molecule has 29 heavy (non-hydrogen) atoms. The summed E-state index contributed by atoms with van der Waals surface area (Å²) >= 11 is 0. The Kier molecular flexibility index (Phi) is 7.80. The fourth-order valence-corrected chi connectivity index (χ4v) is 2.21. The number of carbonyl (C=O) groups excluding carboxylic acids is 2. The summed E-state index contributed by atoms with van der Waals surface area (Å²) in [4.78, 5) is 26.0. The van der Waals surface area contributed by atoms with Crippen LogP contribution in [0.2, 0.25) is 0 Å². The summed E-state index contributed by atoms with van der Waals surface area (Å²) in [5, 5.41) is 3.67. The first-order valence-corrected chi connectivity index (χ1v) is 8.11. The lowest BCUT2D eigenvalue weighted by molar-refractivity contribution is -0.137. The molecule has 0 aliphatic heterocycles. The van der Waals surface area contributed by atoms with Crippen LogP contribution < -0.4 is 16.4 Å². The summed E-state index contributed by atoms with van der Waals surface area (Å²) in [5.74, 6) is -0.578. The first kappa shape index (κ1) is 24.0. The summed E-state index contributed by atoms with van der Waals surface area (Å²) < 4.78 is 76.8. The highest BCUT2D eigenvalue weighted by Crippen LogP contribution is 2.31. The maximum atomic E-state index is 12.9. The molecule has 0 aliphatic rings. The van der Waals surface area contributed by atoms with Crippen LogP contribution >= 0.6 is 0 Å². The molecule has 0 aromatic heterocycles. The molecule has 0 saturated carbocycles. The van der Waals surface area contributed by atoms with Crippen LogP contribution in [0.15, 0.2) is 40.5 Å². The number of hydrogen-bond donors (Lipinski definition) is 3. The van der Waals surface area contributed by atoms with Gasteiger partial charge in [-0.15, -0.1) is 0 Å². The molecule has 160 valence electrons. The number of benzene rings is 1. The van der Waals surface area contributed by atoms with E-state index in [1.807, 2.05) is 5.32 Å². The van der Waals surface area contributed by atoms with Crippen LogP contribution in [0.1, 0.15) is 37.4 Å². The minimum absolute atomic E-state index is 0.00623. The molecule has 1 aromatic carbocycles. The van der Waals surface area contributed by atoms with E-state index >= 15 is 0 Å². The first-order valence-electron chi connectivity index (χ1n) is 8.11. The third kappa shape index (κ3) is 6.80. The zero-order chi connectivity index (χ0) is 22.4. The number of rotatable bonds is 5. The van der Waals surface area contributed by atoms with E-state index in [1.165, 1.54) is 0 Å². The van der Waals surface area contributed by atoms with E-state index in [4.69, 9.17) is 5.73 Å². The Morgan fingerprint density at radius 2 is 1.72 bits per heavy atom. The lowest BCUT2D eigenvalue weighted by Crippen LogP contribution is -2.41. The molecule has 3 amide bonds. The van der Waals surface area contributed by atoms with Gasteiger partial charge in [-0.1, -0.05) is 19.1 Å². The average Bonchev–Trinajstić information content (AvgIpc) is 2.62. The van der Waals surface area contributed by atoms with Crippen molar-refractivity contribution in [2.45, 2.75) is 38.7 Å². The van der Waals surface area contributed by atoms with Crippen molar-refractivity contribution < 1.29 is 35.9 Å². The molecule has 6 nitrogen and oxygen atoms in total. The molecule has 4 N–H and O–H groups in total. The average molecular weight is 424 g/mol. The Hall–Kier alpha value is -3.05. The van der Waals surface area contributed by atoms with Gasteiger partial charge in [0.15, 0.2) is 0 Å². The van der Waals surface area contributed by atoms with E-state index in [9.17, 15) is 35.9 Å². The number of aliphatic imine (C=N–C) groups is 1. The number of amidine groups is 1. The number of imide groups is 1. The van der Waals surface area contributed by atoms with Crippen LogP contribution in [0.25, 0.3) is 0 Å². The second-order valence-corrected chi connectivity index (χ2v) is 5.77. The van der Waals surface area contributed by atoms with Crippen molar-refractivity contribution in [2.75, 3.05) is 0 Å². The number of allylic oxidation sites excluding steroid dienone is 1. The number of carbonyl (C=O) groups is 2. The molecular formula is C17H18F6N4O2. The highest BCUT2D eigenvalue weighted by Gasteiger charge is 2.35. The van der Waals surface area contributed by atoms with Gasteiger partial charge in [0, 0.05) is 5.57 Å². The van der Waals surface area contributed by atoms with Crippen molar-refractivity contribution in [1.82, 2.24) is 10.6 Å². The summed E-state index contributed by atoms with van der Waals surface area (Å²) in [7, 11) is 0. The number of urea groups is 1. The molecule has 0 spiro atoms. The highest BCUT2D eigenvalue weighted by atomic mass is 19.4. The Morgan fingerprint density at radius 1 is 1.17 bits per heavy atom. The second kappa shape index (κ2) is 9.43. The summed E-state index contributed by atoms with van der Waals surface area (Å²) in [5.41, 5.74) is 2.30. The van der Waals surface area contributed by atoms with Crippen LogP contribution in [0.5, 0.6) is 0 Å². The molecule has 1 atom stereocenters. The second-order valence-electron chi connectivity index (χ2n) is 5.77. The Morgan fingerprint density at radius 3 is 2.14 bits per heavy atom. The number of halogens is 6. The van der Waals surface area contributed by atoms with Crippen molar-refractivity contribution in [3.8, 4) is 0 Å². The SMILES string of the molecule is CCC(N=C(NC(=O)NC=O)C(C)=C(N)C(F)(F)F)c1ccc(C(F)(F)F)cc1. The van der Waals surface area contributed by atoms with E-state index in [1.54, 1.807) is 12.2 Å². The zero-order valence-electron chi connectivity index (χ0n) is 15.3. The number of hydrogen-bond acceptors (Lipinski definition) is 4. The van der Waals surface area contributed by atoms with Gasteiger partial charge in [0.2, 0.25) is 6.41 Å². The minimum Gasteiger partial charge on any atom is -0.394 e. The molecule has 0 radical (unpaired) electrons. The molecule has 0 fully saturated rings. The zero-order valence-corrected chi connectivity index (χ0v) is 15.3. The third-order valence-electron chi connectivity index (χ3n) is 3.78. The monoisotopic (exact) mass is 424 g/mol. The van der Waals surface area contributed by atoms with Crippen LogP contribution in [0, 0.1) is 0 Å². The number of amides is 3. The standard InChI is InChI=1S/C17H18F6N4O2/c1-3-12(10-4-6-11(7-5-10)16(18,19)20)26-14(27-15(29)25-8-28)9(2)13(24)17(21,22)23/h4-8,12H,3,24H2,1-2H3,(H2,25,26,27,28,29). The third-order valence-corrected chi connectivity index (χ3v) is 3.78. The van der Waals surface area contributed by atoms with E-state index < -0.39 is 47.1 Å². The number of nitrogens with one attached hydrogen (secondary N) is 2. The Bertz CT molecular complexity index is 798. The summed E-state index contributed by atoms with van der Waals surface area (Å²) in [6.07, 6.45) is -9.27. The summed E-state index contributed by atoms with van der Waals surface area (Å²) in [6, 6.07) is 1.85. The van der Waals surface area contributed by atoms with E-state index in [0.717, 1.165) is 31.2 Å². The van der Waals surface area contributed by atoms with Crippen LogP contribution in [0.3, 0.4) is 0 Å². The van der Waals surface area contributed by atoms with Crippen molar-refractivity contribution in [2.24, 2.45) is 10.7 Å². The smallest absolute Gasteiger partial charge is 0.394 e. The largest absolute Gasteiger partial charge is 0.431 e. The molecular weight excluding hydrogens is 406 g/mol. The molecule has 0 saturated heterocycles. The molecule has 1 aromatic rings. The van der Waals surface area contributed by atoms with Gasteiger partial charge in [0.25, 0.3) is 0 Å². The van der Waals surface area contributed by atoms with Crippen molar-refractivity contribution in [3.63, 3.8) is 0 Å². The lowest BCUT2D eigenvalue weighted by Gasteiger charge is -2.18. The van der Waals surface area contributed by atoms with Crippen LogP contribution in [-0.2, 0) is 11.0 Å². The quantitative estimate of drug-likeness (QED) is 0.290. The van der Waals surface area contributed by atoms with Crippen molar-refractivity contribution in [3.05, 3.63) is 46.7 Å². The van der Waals surface area contributed by atoms with Gasteiger partial charge >= 0.3 is 18.4 Å². The van der Waals surface area contributed by atoms with Crippen molar-refractivity contribution in [1.29, 1.82) is 0 Å². The number of alkyl halides is 6. The fourth-order valence-electron chi connectivity index (χ4n) is 2.21. The van der Waals surface area contributed by atoms with Gasteiger partial charge in [-0.2, -0.15) is 26.3 Å². The van der Waals surface area contributed by atoms with Gasteiger partial charge < -0.3 is 5.73 Å². The molecule has 0 heterocycles. The van der Waals surface area contributed by atoms with E-state index in [0.29, 0.717) is 0 Å². The topological polar surface area (TPSA) is 96.6 Å². The normalized spacial score (nSPS) is 14.7. The maximum absolute atomic E-state index is 12.9. The van der Waals surface area contributed by atoms with Crippen LogP contribution in [-0.4, -0.2) is 24.5 Å². The molecule has 1 unspecified atom stereocenters.